The number of hydrogen-bond donors (Lipinski definition) is 1. The van der Waals surface area contributed by atoms with Gasteiger partial charge in [0.25, 0.3) is 0 Å². The summed E-state index contributed by atoms with van der Waals surface area (Å²) >= 11 is 3.26. The molecule has 3 aromatic rings. The minimum absolute atomic E-state index is 0.147. The molecule has 0 saturated carbocycles. The van der Waals surface area contributed by atoms with Crippen molar-refractivity contribution in [2.24, 2.45) is 0 Å². The van der Waals surface area contributed by atoms with Crippen LogP contribution in [-0.2, 0) is 22.6 Å². The van der Waals surface area contributed by atoms with Crippen molar-refractivity contribution in [2.75, 3.05) is 12.4 Å². The second kappa shape index (κ2) is 10.6. The number of carbonyl (C=O) groups excluding carboxylic acids is 1. The second-order valence-corrected chi connectivity index (χ2v) is 8.95. The summed E-state index contributed by atoms with van der Waals surface area (Å²) < 4.78 is 7.82. The first-order valence-corrected chi connectivity index (χ1v) is 11.8. The van der Waals surface area contributed by atoms with Gasteiger partial charge < -0.3 is 14.6 Å². The molecule has 6 nitrogen and oxygen atoms in total. The molecule has 1 aliphatic rings. The normalized spacial score (nSPS) is 16.3. The van der Waals surface area contributed by atoms with Crippen LogP contribution in [-0.4, -0.2) is 39.1 Å². The molecular formula is C22H24N4O2S2. The number of thiophene rings is 1. The number of carbonyl (C=O) groups is 1. The largest absolute Gasteiger partial charge is 0.377 e. The first-order valence-electron chi connectivity index (χ1n) is 9.98. The highest BCUT2D eigenvalue weighted by Crippen LogP contribution is 2.24. The number of thioether (sulfide) groups is 1. The van der Waals surface area contributed by atoms with Gasteiger partial charge in [-0.2, -0.15) is 0 Å². The molecule has 3 heterocycles. The maximum Gasteiger partial charge on any atom is 0.244 e. The third-order valence-electron chi connectivity index (χ3n) is 4.76. The van der Waals surface area contributed by atoms with Gasteiger partial charge in [-0.25, -0.2) is 0 Å². The predicted molar refractivity (Wildman–Crippen MR) is 120 cm³/mol. The first-order chi connectivity index (χ1) is 14.8. The second-order valence-electron chi connectivity index (χ2n) is 6.98. The van der Waals surface area contributed by atoms with Crippen LogP contribution < -0.4 is 5.32 Å². The molecule has 0 aliphatic carbocycles. The molecule has 1 aliphatic heterocycles. The van der Waals surface area contributed by atoms with Crippen molar-refractivity contribution in [3.8, 4) is 0 Å². The van der Waals surface area contributed by atoms with E-state index in [2.05, 4.69) is 32.2 Å². The Morgan fingerprint density at radius 2 is 2.17 bits per heavy atom. The summed E-state index contributed by atoms with van der Waals surface area (Å²) in [5.41, 5.74) is 1.17. The Bertz CT molecular complexity index is 964. The fourth-order valence-corrected chi connectivity index (χ4v) is 4.83. The Labute approximate surface area is 184 Å². The fraction of sp³-hybridized carbons (Fsp3) is 0.318. The SMILES string of the molecule is O=C(/C=C/c1cccs1)NCc1nnc(SC[C@@H]2CCCO2)n1Cc1ccccc1. The van der Waals surface area contributed by atoms with Gasteiger partial charge in [-0.3, -0.25) is 4.79 Å². The van der Waals surface area contributed by atoms with Gasteiger partial charge >= 0.3 is 0 Å². The number of nitrogens with one attached hydrogen (secondary N) is 1. The Hall–Kier alpha value is -2.42. The molecule has 0 radical (unpaired) electrons. The van der Waals surface area contributed by atoms with Gasteiger partial charge in [-0.15, -0.1) is 21.5 Å². The molecule has 8 heteroatoms. The van der Waals surface area contributed by atoms with Gasteiger partial charge in [0, 0.05) is 23.3 Å². The van der Waals surface area contributed by atoms with Crippen LogP contribution in [0.2, 0.25) is 0 Å². The zero-order chi connectivity index (χ0) is 20.6. The van der Waals surface area contributed by atoms with E-state index < -0.39 is 0 Å². The van der Waals surface area contributed by atoms with Crippen molar-refractivity contribution in [3.63, 3.8) is 0 Å². The Morgan fingerprint density at radius 1 is 1.27 bits per heavy atom. The minimum atomic E-state index is -0.147. The Morgan fingerprint density at radius 3 is 2.93 bits per heavy atom. The van der Waals surface area contributed by atoms with Crippen LogP contribution >= 0.6 is 23.1 Å². The summed E-state index contributed by atoms with van der Waals surface area (Å²) in [6.07, 6.45) is 5.87. The van der Waals surface area contributed by atoms with Gasteiger partial charge in [0.1, 0.15) is 0 Å². The van der Waals surface area contributed by atoms with Crippen molar-refractivity contribution >= 4 is 35.1 Å². The topological polar surface area (TPSA) is 69.0 Å². The van der Waals surface area contributed by atoms with Gasteiger partial charge in [0.15, 0.2) is 11.0 Å². The summed E-state index contributed by atoms with van der Waals surface area (Å²) in [5.74, 6) is 1.46. The standard InChI is InChI=1S/C22H24N4O2S2/c27-21(11-10-19-9-5-13-29-19)23-14-20-24-25-22(30-16-18-8-4-12-28-18)26(20)15-17-6-2-1-3-7-17/h1-3,5-7,9-11,13,18H,4,8,12,14-16H2,(H,23,27)/b11-10+/t18-/m0/s1. The zero-order valence-corrected chi connectivity index (χ0v) is 18.2. The van der Waals surface area contributed by atoms with Crippen molar-refractivity contribution in [1.29, 1.82) is 0 Å². The lowest BCUT2D eigenvalue weighted by atomic mass is 10.2. The van der Waals surface area contributed by atoms with E-state index in [4.69, 9.17) is 4.74 Å². The van der Waals surface area contributed by atoms with Crippen LogP contribution in [0.5, 0.6) is 0 Å². The number of aromatic nitrogens is 3. The predicted octanol–water partition coefficient (Wildman–Crippen LogP) is 3.99. The van der Waals surface area contributed by atoms with E-state index in [-0.39, 0.29) is 12.0 Å². The van der Waals surface area contributed by atoms with E-state index >= 15 is 0 Å². The maximum absolute atomic E-state index is 12.2. The highest BCUT2D eigenvalue weighted by molar-refractivity contribution is 7.99. The van der Waals surface area contributed by atoms with Gasteiger partial charge in [0.2, 0.25) is 5.91 Å². The molecule has 0 spiro atoms. The van der Waals surface area contributed by atoms with Crippen LogP contribution in [0, 0.1) is 0 Å². The van der Waals surface area contributed by atoms with Crippen LogP contribution in [0.15, 0.2) is 59.1 Å². The summed E-state index contributed by atoms with van der Waals surface area (Å²) in [6, 6.07) is 14.2. The smallest absolute Gasteiger partial charge is 0.244 e. The lowest BCUT2D eigenvalue weighted by molar-refractivity contribution is -0.116. The molecule has 1 atom stereocenters. The van der Waals surface area contributed by atoms with E-state index in [0.717, 1.165) is 41.1 Å². The van der Waals surface area contributed by atoms with Gasteiger partial charge in [-0.05, 0) is 35.9 Å². The molecule has 0 bridgehead atoms. The Balaban J connectivity index is 1.43. The van der Waals surface area contributed by atoms with Crippen LogP contribution in [0.3, 0.4) is 0 Å². The summed E-state index contributed by atoms with van der Waals surface area (Å²) in [7, 11) is 0. The fourth-order valence-electron chi connectivity index (χ4n) is 3.19. The molecule has 1 saturated heterocycles. The van der Waals surface area contributed by atoms with E-state index in [1.807, 2.05) is 41.8 Å². The molecule has 156 valence electrons. The van der Waals surface area contributed by atoms with Crippen molar-refractivity contribution in [1.82, 2.24) is 20.1 Å². The third-order valence-corrected chi connectivity index (χ3v) is 6.70. The number of rotatable bonds is 9. The van der Waals surface area contributed by atoms with Crippen LogP contribution in [0.1, 0.15) is 29.1 Å². The quantitative estimate of drug-likeness (QED) is 0.403. The monoisotopic (exact) mass is 440 g/mol. The zero-order valence-electron chi connectivity index (χ0n) is 16.6. The molecule has 1 aromatic carbocycles. The third kappa shape index (κ3) is 5.81. The Kier molecular flexibility index (Phi) is 7.34. The maximum atomic E-state index is 12.2. The van der Waals surface area contributed by atoms with Gasteiger partial charge in [-0.1, -0.05) is 48.2 Å². The van der Waals surface area contributed by atoms with E-state index in [9.17, 15) is 4.79 Å². The lowest BCUT2D eigenvalue weighted by Gasteiger charge is -2.12. The summed E-state index contributed by atoms with van der Waals surface area (Å²) in [4.78, 5) is 13.3. The molecular weight excluding hydrogens is 416 g/mol. The number of amides is 1. The van der Waals surface area contributed by atoms with E-state index in [1.54, 1.807) is 29.2 Å². The van der Waals surface area contributed by atoms with E-state index in [1.165, 1.54) is 5.56 Å². The molecule has 1 amide bonds. The highest BCUT2D eigenvalue weighted by atomic mass is 32.2. The highest BCUT2D eigenvalue weighted by Gasteiger charge is 2.19. The molecule has 1 fully saturated rings. The molecule has 2 aromatic heterocycles. The molecule has 0 unspecified atom stereocenters. The van der Waals surface area contributed by atoms with E-state index in [0.29, 0.717) is 13.1 Å². The minimum Gasteiger partial charge on any atom is -0.377 e. The molecule has 1 N–H and O–H groups in total. The number of nitrogens with zero attached hydrogens (tertiary/aromatic N) is 3. The van der Waals surface area contributed by atoms with Crippen LogP contribution in [0.4, 0.5) is 0 Å². The number of ether oxygens (including phenoxy) is 1. The summed E-state index contributed by atoms with van der Waals surface area (Å²) in [6.45, 7) is 1.84. The number of hydrogen-bond acceptors (Lipinski definition) is 6. The van der Waals surface area contributed by atoms with Gasteiger partial charge in [0.05, 0.1) is 19.2 Å². The average Bonchev–Trinajstić information content (AvgIpc) is 3.53. The summed E-state index contributed by atoms with van der Waals surface area (Å²) in [5, 5.41) is 14.5. The van der Waals surface area contributed by atoms with Crippen molar-refractivity contribution in [2.45, 2.75) is 37.2 Å². The van der Waals surface area contributed by atoms with Crippen molar-refractivity contribution in [3.05, 3.63) is 70.2 Å². The molecule has 4 rings (SSSR count). The molecule has 30 heavy (non-hydrogen) atoms. The lowest BCUT2D eigenvalue weighted by Crippen LogP contribution is -2.23. The number of benzene rings is 1. The first kappa shape index (κ1) is 20.8. The average molecular weight is 441 g/mol. The van der Waals surface area contributed by atoms with Crippen molar-refractivity contribution < 1.29 is 9.53 Å². The van der Waals surface area contributed by atoms with Crippen LogP contribution in [0.25, 0.3) is 6.08 Å².